The summed E-state index contributed by atoms with van der Waals surface area (Å²) in [6.07, 6.45) is 0.655. The van der Waals surface area contributed by atoms with Crippen LogP contribution in [0.3, 0.4) is 0 Å². The standard InChI is InChI=1S/C3H6O3S.C2H6/c4-7(5)3-1-2-6-7;1-2/h1-3H2;1-2H3. The molecule has 9 heavy (non-hydrogen) atoms. The minimum absolute atomic E-state index is 0.201. The molecule has 0 aromatic rings. The maximum Gasteiger partial charge on any atom is 0.267 e. The van der Waals surface area contributed by atoms with Gasteiger partial charge in [-0.05, 0) is 6.42 Å². The number of hydrogen-bond donors (Lipinski definition) is 0. The average molecular weight is 152 g/mol. The van der Waals surface area contributed by atoms with E-state index in [-0.39, 0.29) is 5.75 Å². The van der Waals surface area contributed by atoms with Crippen LogP contribution >= 0.6 is 0 Å². The van der Waals surface area contributed by atoms with E-state index in [1.807, 2.05) is 13.8 Å². The largest absolute Gasteiger partial charge is 0.270 e. The van der Waals surface area contributed by atoms with E-state index in [0.717, 1.165) is 0 Å². The number of rotatable bonds is 0. The lowest BCUT2D eigenvalue weighted by Crippen LogP contribution is -1.96. The van der Waals surface area contributed by atoms with Gasteiger partial charge < -0.3 is 0 Å². The molecule has 0 atom stereocenters. The first-order chi connectivity index (χ1) is 4.21. The molecule has 0 aromatic heterocycles. The van der Waals surface area contributed by atoms with Gasteiger partial charge in [0, 0.05) is 0 Å². The van der Waals surface area contributed by atoms with Gasteiger partial charge in [0.2, 0.25) is 0 Å². The van der Waals surface area contributed by atoms with Gasteiger partial charge in [-0.2, -0.15) is 8.42 Å². The Morgan fingerprint density at radius 2 is 1.89 bits per heavy atom. The number of hydrogen-bond acceptors (Lipinski definition) is 3. The van der Waals surface area contributed by atoms with Crippen molar-refractivity contribution in [1.82, 2.24) is 0 Å². The van der Waals surface area contributed by atoms with Gasteiger partial charge in [0.15, 0.2) is 0 Å². The molecule has 1 heterocycles. The molecule has 0 aliphatic carbocycles. The van der Waals surface area contributed by atoms with Gasteiger partial charge in [-0.3, -0.25) is 4.18 Å². The van der Waals surface area contributed by atoms with Crippen LogP contribution < -0.4 is 0 Å². The summed E-state index contributed by atoms with van der Waals surface area (Å²) in [5.74, 6) is 0.201. The summed E-state index contributed by atoms with van der Waals surface area (Å²) >= 11 is 0. The van der Waals surface area contributed by atoms with Gasteiger partial charge in [0.25, 0.3) is 10.1 Å². The van der Waals surface area contributed by atoms with Gasteiger partial charge in [-0.1, -0.05) is 13.8 Å². The maximum atomic E-state index is 10.2. The highest BCUT2D eigenvalue weighted by Crippen LogP contribution is 2.04. The van der Waals surface area contributed by atoms with E-state index >= 15 is 0 Å². The maximum absolute atomic E-state index is 10.2. The lowest BCUT2D eigenvalue weighted by atomic mass is 10.5. The fraction of sp³-hybridized carbons (Fsp3) is 1.00. The fourth-order valence-corrected chi connectivity index (χ4v) is 1.44. The van der Waals surface area contributed by atoms with Crippen LogP contribution in [-0.2, 0) is 14.3 Å². The van der Waals surface area contributed by atoms with Gasteiger partial charge in [-0.25, -0.2) is 0 Å². The monoisotopic (exact) mass is 152 g/mol. The topological polar surface area (TPSA) is 43.4 Å². The molecule has 0 N–H and O–H groups in total. The summed E-state index contributed by atoms with van der Waals surface area (Å²) in [6.45, 7) is 4.38. The van der Waals surface area contributed by atoms with Crippen LogP contribution in [0, 0.1) is 0 Å². The van der Waals surface area contributed by atoms with E-state index in [1.165, 1.54) is 0 Å². The summed E-state index contributed by atoms with van der Waals surface area (Å²) in [6, 6.07) is 0. The molecule has 1 fully saturated rings. The Morgan fingerprint density at radius 1 is 1.33 bits per heavy atom. The highest BCUT2D eigenvalue weighted by atomic mass is 32.2. The van der Waals surface area contributed by atoms with Crippen LogP contribution in [-0.4, -0.2) is 20.8 Å². The summed E-state index contributed by atoms with van der Waals surface area (Å²) in [5, 5.41) is 0. The van der Waals surface area contributed by atoms with Crippen LogP contribution in [0.5, 0.6) is 0 Å². The van der Waals surface area contributed by atoms with Crippen molar-refractivity contribution in [2.24, 2.45) is 0 Å². The second-order valence-electron chi connectivity index (χ2n) is 1.44. The smallest absolute Gasteiger partial charge is 0.267 e. The van der Waals surface area contributed by atoms with E-state index in [2.05, 4.69) is 4.18 Å². The van der Waals surface area contributed by atoms with Gasteiger partial charge >= 0.3 is 0 Å². The molecule has 0 amide bonds. The SMILES string of the molecule is CC.O=S1(=O)CCCO1. The van der Waals surface area contributed by atoms with Crippen LogP contribution in [0.15, 0.2) is 0 Å². The highest BCUT2D eigenvalue weighted by molar-refractivity contribution is 7.86. The predicted molar refractivity (Wildman–Crippen MR) is 35.7 cm³/mol. The minimum atomic E-state index is -3.05. The molecular weight excluding hydrogens is 140 g/mol. The quantitative estimate of drug-likeness (QED) is 0.481. The molecular formula is C5H12O3S. The third-order valence-electron chi connectivity index (χ3n) is 0.802. The molecule has 3 nitrogen and oxygen atoms in total. The first-order valence-corrected chi connectivity index (χ1v) is 4.65. The molecule has 4 heteroatoms. The Morgan fingerprint density at radius 3 is 2.00 bits per heavy atom. The van der Waals surface area contributed by atoms with Crippen LogP contribution in [0.25, 0.3) is 0 Å². The Bertz CT molecular complexity index is 136. The van der Waals surface area contributed by atoms with Crippen LogP contribution in [0.4, 0.5) is 0 Å². The van der Waals surface area contributed by atoms with Crippen molar-refractivity contribution >= 4 is 10.1 Å². The van der Waals surface area contributed by atoms with Gasteiger partial charge in [0.1, 0.15) is 0 Å². The van der Waals surface area contributed by atoms with Crippen molar-refractivity contribution in [3.63, 3.8) is 0 Å². The zero-order chi connectivity index (χ0) is 7.33. The van der Waals surface area contributed by atoms with E-state index in [9.17, 15) is 8.42 Å². The minimum Gasteiger partial charge on any atom is -0.270 e. The molecule has 0 spiro atoms. The Kier molecular flexibility index (Phi) is 3.81. The summed E-state index contributed by atoms with van der Waals surface area (Å²) in [5.41, 5.74) is 0. The van der Waals surface area contributed by atoms with E-state index < -0.39 is 10.1 Å². The molecule has 1 rings (SSSR count). The molecule has 1 saturated heterocycles. The van der Waals surface area contributed by atoms with Crippen molar-refractivity contribution in [3.05, 3.63) is 0 Å². The second kappa shape index (κ2) is 3.85. The first-order valence-electron chi connectivity index (χ1n) is 3.08. The Hall–Kier alpha value is -0.0900. The van der Waals surface area contributed by atoms with Crippen molar-refractivity contribution in [3.8, 4) is 0 Å². The molecule has 0 aromatic carbocycles. The van der Waals surface area contributed by atoms with Crippen molar-refractivity contribution < 1.29 is 12.6 Å². The van der Waals surface area contributed by atoms with Gasteiger partial charge in [0.05, 0.1) is 12.4 Å². The molecule has 0 saturated carbocycles. The van der Waals surface area contributed by atoms with E-state index in [1.54, 1.807) is 0 Å². The summed E-state index contributed by atoms with van der Waals surface area (Å²) < 4.78 is 24.7. The highest BCUT2D eigenvalue weighted by Gasteiger charge is 2.16. The Balaban J connectivity index is 0.000000291. The van der Waals surface area contributed by atoms with Crippen molar-refractivity contribution in [1.29, 1.82) is 0 Å². The molecule has 1 aliphatic rings. The lowest BCUT2D eigenvalue weighted by Gasteiger charge is -1.83. The average Bonchev–Trinajstić information content (AvgIpc) is 2.19. The van der Waals surface area contributed by atoms with Crippen LogP contribution in [0.1, 0.15) is 20.3 Å². The summed E-state index contributed by atoms with van der Waals surface area (Å²) in [7, 11) is -3.05. The van der Waals surface area contributed by atoms with E-state index in [4.69, 9.17) is 0 Å². The van der Waals surface area contributed by atoms with Crippen molar-refractivity contribution in [2.75, 3.05) is 12.4 Å². The van der Waals surface area contributed by atoms with Gasteiger partial charge in [-0.15, -0.1) is 0 Å². The molecule has 1 aliphatic heterocycles. The molecule has 0 radical (unpaired) electrons. The van der Waals surface area contributed by atoms with Crippen molar-refractivity contribution in [2.45, 2.75) is 20.3 Å². The normalized spacial score (nSPS) is 22.4. The second-order valence-corrected chi connectivity index (χ2v) is 3.20. The molecule has 0 bridgehead atoms. The lowest BCUT2D eigenvalue weighted by molar-refractivity contribution is 0.354. The molecule has 56 valence electrons. The van der Waals surface area contributed by atoms with Crippen LogP contribution in [0.2, 0.25) is 0 Å². The predicted octanol–water partition coefficient (Wildman–Crippen LogP) is 0.763. The zero-order valence-electron chi connectivity index (χ0n) is 5.75. The Labute approximate surface area is 56.1 Å². The van der Waals surface area contributed by atoms with E-state index in [0.29, 0.717) is 13.0 Å². The summed E-state index contributed by atoms with van der Waals surface area (Å²) in [4.78, 5) is 0. The first kappa shape index (κ1) is 8.91. The third-order valence-corrected chi connectivity index (χ3v) is 2.12. The third kappa shape index (κ3) is 3.48. The zero-order valence-corrected chi connectivity index (χ0v) is 6.57. The molecule has 0 unspecified atom stereocenters. The fourth-order valence-electron chi connectivity index (χ4n) is 0.481.